The molecule has 0 aliphatic carbocycles. The molecule has 1 rings (SSSR count). The van der Waals surface area contributed by atoms with E-state index in [-0.39, 0.29) is 5.75 Å². The molecule has 6 nitrogen and oxygen atoms in total. The standard InChI is InChI=1S/C9H15N3O3S2/c1-3-15-8-7(10)9(12-6-11-8)16-4-5-17(2,13)14/h6H,3-5,10H2,1-2H3. The Labute approximate surface area is 105 Å². The molecule has 1 aromatic rings. The molecule has 1 aromatic heterocycles. The van der Waals surface area contributed by atoms with Gasteiger partial charge in [-0.3, -0.25) is 0 Å². The molecule has 0 radical (unpaired) electrons. The third-order valence-electron chi connectivity index (χ3n) is 1.78. The van der Waals surface area contributed by atoms with Gasteiger partial charge in [-0.15, -0.1) is 11.8 Å². The van der Waals surface area contributed by atoms with Crippen LogP contribution in [0.1, 0.15) is 6.92 Å². The molecular weight excluding hydrogens is 262 g/mol. The summed E-state index contributed by atoms with van der Waals surface area (Å²) in [6, 6.07) is 0. The van der Waals surface area contributed by atoms with E-state index >= 15 is 0 Å². The summed E-state index contributed by atoms with van der Waals surface area (Å²) >= 11 is 1.28. The number of nitrogens with two attached hydrogens (primary N) is 1. The van der Waals surface area contributed by atoms with Crippen LogP contribution in [0.4, 0.5) is 5.69 Å². The monoisotopic (exact) mass is 277 g/mol. The molecule has 0 bridgehead atoms. The van der Waals surface area contributed by atoms with Gasteiger partial charge in [-0.1, -0.05) is 0 Å². The van der Waals surface area contributed by atoms with Crippen LogP contribution >= 0.6 is 11.8 Å². The molecule has 0 saturated heterocycles. The van der Waals surface area contributed by atoms with Gasteiger partial charge < -0.3 is 10.5 Å². The molecule has 2 N–H and O–H groups in total. The van der Waals surface area contributed by atoms with Crippen molar-refractivity contribution in [2.45, 2.75) is 11.9 Å². The number of anilines is 1. The molecule has 0 fully saturated rings. The Kier molecular flexibility index (Phi) is 5.01. The fraction of sp³-hybridized carbons (Fsp3) is 0.556. The van der Waals surface area contributed by atoms with E-state index in [1.54, 1.807) is 0 Å². The molecule has 0 spiro atoms. The van der Waals surface area contributed by atoms with Gasteiger partial charge in [0, 0.05) is 12.0 Å². The van der Waals surface area contributed by atoms with Crippen molar-refractivity contribution < 1.29 is 13.2 Å². The van der Waals surface area contributed by atoms with E-state index < -0.39 is 9.84 Å². The molecule has 0 atom stereocenters. The number of ether oxygens (including phenoxy) is 1. The lowest BCUT2D eigenvalue weighted by atomic mass is 10.5. The van der Waals surface area contributed by atoms with Crippen LogP contribution in [0.15, 0.2) is 11.4 Å². The van der Waals surface area contributed by atoms with Gasteiger partial charge in [-0.2, -0.15) is 4.98 Å². The molecule has 8 heteroatoms. The Hall–Kier alpha value is -1.02. The molecular formula is C9H15N3O3S2. The van der Waals surface area contributed by atoms with Gasteiger partial charge in [0.15, 0.2) is 0 Å². The molecule has 0 amide bonds. The average molecular weight is 277 g/mol. The number of nitrogen functional groups attached to an aromatic ring is 1. The van der Waals surface area contributed by atoms with Gasteiger partial charge in [-0.25, -0.2) is 13.4 Å². The maximum Gasteiger partial charge on any atom is 0.241 e. The Morgan fingerprint density at radius 1 is 1.47 bits per heavy atom. The number of hydrogen-bond donors (Lipinski definition) is 1. The van der Waals surface area contributed by atoms with Crippen molar-refractivity contribution in [1.29, 1.82) is 0 Å². The zero-order chi connectivity index (χ0) is 12.9. The minimum atomic E-state index is -2.96. The summed E-state index contributed by atoms with van der Waals surface area (Å²) in [6.07, 6.45) is 2.55. The number of sulfone groups is 1. The van der Waals surface area contributed by atoms with Crippen LogP contribution in [0.5, 0.6) is 5.88 Å². The fourth-order valence-electron chi connectivity index (χ4n) is 1.02. The number of hydrogen-bond acceptors (Lipinski definition) is 7. The third kappa shape index (κ3) is 4.78. The SMILES string of the molecule is CCOc1ncnc(SCCS(C)(=O)=O)c1N. The van der Waals surface area contributed by atoms with Crippen molar-refractivity contribution in [3.63, 3.8) is 0 Å². The highest BCUT2D eigenvalue weighted by Gasteiger charge is 2.10. The lowest BCUT2D eigenvalue weighted by molar-refractivity contribution is 0.327. The first kappa shape index (κ1) is 14.0. The number of rotatable bonds is 6. The molecule has 0 aromatic carbocycles. The second kappa shape index (κ2) is 6.06. The average Bonchev–Trinajstić information content (AvgIpc) is 2.22. The Morgan fingerprint density at radius 3 is 2.76 bits per heavy atom. The second-order valence-electron chi connectivity index (χ2n) is 3.31. The van der Waals surface area contributed by atoms with Crippen molar-refractivity contribution in [3.05, 3.63) is 6.33 Å². The predicted molar refractivity (Wildman–Crippen MR) is 68.0 cm³/mol. The molecule has 0 aliphatic rings. The topological polar surface area (TPSA) is 95.2 Å². The van der Waals surface area contributed by atoms with Gasteiger partial charge >= 0.3 is 0 Å². The molecule has 96 valence electrons. The van der Waals surface area contributed by atoms with Crippen LogP contribution in [0.2, 0.25) is 0 Å². The highest BCUT2D eigenvalue weighted by Crippen LogP contribution is 2.28. The third-order valence-corrected chi connectivity index (χ3v) is 4.00. The van der Waals surface area contributed by atoms with E-state index in [1.165, 1.54) is 24.3 Å². The number of aromatic nitrogens is 2. The first-order valence-electron chi connectivity index (χ1n) is 4.98. The first-order chi connectivity index (χ1) is 7.94. The Balaban J connectivity index is 2.68. The van der Waals surface area contributed by atoms with E-state index in [1.807, 2.05) is 6.92 Å². The molecule has 0 aliphatic heterocycles. The highest BCUT2D eigenvalue weighted by atomic mass is 32.2. The zero-order valence-electron chi connectivity index (χ0n) is 9.71. The van der Waals surface area contributed by atoms with Crippen LogP contribution in [0, 0.1) is 0 Å². The van der Waals surface area contributed by atoms with Gasteiger partial charge in [0.05, 0.1) is 12.4 Å². The number of thioether (sulfide) groups is 1. The quantitative estimate of drug-likeness (QED) is 0.600. The van der Waals surface area contributed by atoms with E-state index in [9.17, 15) is 8.42 Å². The van der Waals surface area contributed by atoms with Crippen molar-refractivity contribution in [2.24, 2.45) is 0 Å². The van der Waals surface area contributed by atoms with Crippen LogP contribution in [0.25, 0.3) is 0 Å². The van der Waals surface area contributed by atoms with Crippen LogP contribution in [-0.4, -0.2) is 42.8 Å². The van der Waals surface area contributed by atoms with Gasteiger partial charge in [0.25, 0.3) is 0 Å². The summed E-state index contributed by atoms with van der Waals surface area (Å²) in [6.45, 7) is 2.30. The minimum Gasteiger partial charge on any atom is -0.476 e. The van der Waals surface area contributed by atoms with Crippen LogP contribution in [0.3, 0.4) is 0 Å². The van der Waals surface area contributed by atoms with Gasteiger partial charge in [0.1, 0.15) is 26.9 Å². The van der Waals surface area contributed by atoms with Gasteiger partial charge in [0.2, 0.25) is 5.88 Å². The minimum absolute atomic E-state index is 0.0884. The highest BCUT2D eigenvalue weighted by molar-refractivity contribution is 8.00. The van der Waals surface area contributed by atoms with E-state index in [0.29, 0.717) is 29.0 Å². The van der Waals surface area contributed by atoms with Crippen LogP contribution in [-0.2, 0) is 9.84 Å². The zero-order valence-corrected chi connectivity index (χ0v) is 11.3. The number of nitrogens with zero attached hydrogens (tertiary/aromatic N) is 2. The predicted octanol–water partition coefficient (Wildman–Crippen LogP) is 0.594. The van der Waals surface area contributed by atoms with Crippen molar-refractivity contribution in [2.75, 3.05) is 30.1 Å². The lowest BCUT2D eigenvalue weighted by Gasteiger charge is -2.08. The lowest BCUT2D eigenvalue weighted by Crippen LogP contribution is -2.06. The van der Waals surface area contributed by atoms with E-state index in [4.69, 9.17) is 10.5 Å². The summed E-state index contributed by atoms with van der Waals surface area (Å²) in [5.41, 5.74) is 6.15. The van der Waals surface area contributed by atoms with E-state index in [2.05, 4.69) is 9.97 Å². The first-order valence-corrected chi connectivity index (χ1v) is 8.02. The van der Waals surface area contributed by atoms with Crippen molar-refractivity contribution in [3.8, 4) is 5.88 Å². The fourth-order valence-corrected chi connectivity index (χ4v) is 3.12. The summed E-state index contributed by atoms with van der Waals surface area (Å²) in [5, 5.41) is 0.548. The maximum absolute atomic E-state index is 11.0. The van der Waals surface area contributed by atoms with Gasteiger partial charge in [-0.05, 0) is 6.92 Å². The molecule has 1 heterocycles. The molecule has 0 saturated carbocycles. The van der Waals surface area contributed by atoms with Crippen LogP contribution < -0.4 is 10.5 Å². The maximum atomic E-state index is 11.0. The summed E-state index contributed by atoms with van der Waals surface area (Å²) in [7, 11) is -2.96. The van der Waals surface area contributed by atoms with Crippen molar-refractivity contribution >= 4 is 27.3 Å². The summed E-state index contributed by atoms with van der Waals surface area (Å²) in [5.74, 6) is 0.834. The summed E-state index contributed by atoms with van der Waals surface area (Å²) < 4.78 is 27.2. The Bertz CT molecular complexity index is 476. The Morgan fingerprint density at radius 2 is 2.18 bits per heavy atom. The van der Waals surface area contributed by atoms with Crippen molar-refractivity contribution in [1.82, 2.24) is 9.97 Å². The smallest absolute Gasteiger partial charge is 0.241 e. The molecule has 0 unspecified atom stereocenters. The normalized spacial score (nSPS) is 11.4. The summed E-state index contributed by atoms with van der Waals surface area (Å²) in [4.78, 5) is 7.89. The largest absolute Gasteiger partial charge is 0.476 e. The van der Waals surface area contributed by atoms with E-state index in [0.717, 1.165) is 0 Å². The second-order valence-corrected chi connectivity index (χ2v) is 6.65. The molecule has 17 heavy (non-hydrogen) atoms.